The minimum absolute atomic E-state index is 0.00255. The topological polar surface area (TPSA) is 89.0 Å². The SMILES string of the molecule is CC(C)COc1cccc(/C(O)=C2/C(=O)C(=O)N(CCOC(C)C)C2c2cccnc2)c1. The van der Waals surface area contributed by atoms with Gasteiger partial charge in [-0.3, -0.25) is 14.6 Å². The molecular formula is C25H30N2O5. The number of carbonyl (C=O) groups is 2. The molecule has 0 aliphatic carbocycles. The number of amides is 1. The van der Waals surface area contributed by atoms with Crippen LogP contribution in [0.5, 0.6) is 5.75 Å². The maximum Gasteiger partial charge on any atom is 0.295 e. The van der Waals surface area contributed by atoms with Gasteiger partial charge in [-0.15, -0.1) is 0 Å². The van der Waals surface area contributed by atoms with Crippen molar-refractivity contribution >= 4 is 17.4 Å². The summed E-state index contributed by atoms with van der Waals surface area (Å²) in [5.74, 6) is -0.703. The minimum Gasteiger partial charge on any atom is -0.507 e. The van der Waals surface area contributed by atoms with Gasteiger partial charge < -0.3 is 19.5 Å². The summed E-state index contributed by atoms with van der Waals surface area (Å²) in [7, 11) is 0. The summed E-state index contributed by atoms with van der Waals surface area (Å²) >= 11 is 0. The molecule has 32 heavy (non-hydrogen) atoms. The maximum atomic E-state index is 13.0. The van der Waals surface area contributed by atoms with E-state index in [1.807, 2.05) is 27.7 Å². The highest BCUT2D eigenvalue weighted by Gasteiger charge is 2.46. The zero-order chi connectivity index (χ0) is 23.3. The van der Waals surface area contributed by atoms with E-state index in [1.54, 1.807) is 48.8 Å². The van der Waals surface area contributed by atoms with Crippen LogP contribution in [0.1, 0.15) is 44.9 Å². The van der Waals surface area contributed by atoms with Crippen molar-refractivity contribution in [3.63, 3.8) is 0 Å². The van der Waals surface area contributed by atoms with Gasteiger partial charge in [0, 0.05) is 24.5 Å². The number of hydrogen-bond acceptors (Lipinski definition) is 6. The summed E-state index contributed by atoms with van der Waals surface area (Å²) in [5.41, 5.74) is 1.09. The lowest BCUT2D eigenvalue weighted by Crippen LogP contribution is -2.33. The molecule has 2 aromatic rings. The molecule has 1 aliphatic rings. The van der Waals surface area contributed by atoms with E-state index in [0.717, 1.165) is 0 Å². The highest BCUT2D eigenvalue weighted by atomic mass is 16.5. The van der Waals surface area contributed by atoms with Crippen molar-refractivity contribution < 1.29 is 24.2 Å². The fourth-order valence-electron chi connectivity index (χ4n) is 3.53. The quantitative estimate of drug-likeness (QED) is 0.362. The van der Waals surface area contributed by atoms with Gasteiger partial charge in [-0.2, -0.15) is 0 Å². The number of ether oxygens (including phenoxy) is 2. The van der Waals surface area contributed by atoms with E-state index in [1.165, 1.54) is 4.90 Å². The Kier molecular flexibility index (Phi) is 7.64. The number of Topliss-reactive ketones (excluding diaryl/α,β-unsaturated/α-hetero) is 1. The van der Waals surface area contributed by atoms with Crippen molar-refractivity contribution in [3.05, 3.63) is 65.5 Å². The first-order valence-electron chi connectivity index (χ1n) is 10.8. The van der Waals surface area contributed by atoms with Gasteiger partial charge in [0.25, 0.3) is 11.7 Å². The number of aliphatic hydroxyl groups is 1. The van der Waals surface area contributed by atoms with Crippen LogP contribution in [-0.4, -0.2) is 52.5 Å². The summed E-state index contributed by atoms with van der Waals surface area (Å²) in [6.45, 7) is 8.92. The fourth-order valence-corrected chi connectivity index (χ4v) is 3.53. The monoisotopic (exact) mass is 438 g/mol. The number of rotatable bonds is 9. The van der Waals surface area contributed by atoms with E-state index in [9.17, 15) is 14.7 Å². The van der Waals surface area contributed by atoms with Crippen molar-refractivity contribution in [2.24, 2.45) is 5.92 Å². The molecular weight excluding hydrogens is 408 g/mol. The highest BCUT2D eigenvalue weighted by molar-refractivity contribution is 6.46. The predicted octanol–water partition coefficient (Wildman–Crippen LogP) is 3.96. The Morgan fingerprint density at radius 3 is 2.59 bits per heavy atom. The second kappa shape index (κ2) is 10.4. The van der Waals surface area contributed by atoms with E-state index in [4.69, 9.17) is 9.47 Å². The van der Waals surface area contributed by atoms with Crippen LogP contribution >= 0.6 is 0 Å². The van der Waals surface area contributed by atoms with E-state index in [0.29, 0.717) is 29.4 Å². The Balaban J connectivity index is 2.02. The first-order valence-corrected chi connectivity index (χ1v) is 10.8. The van der Waals surface area contributed by atoms with Crippen LogP contribution in [0.4, 0.5) is 0 Å². The van der Waals surface area contributed by atoms with Crippen LogP contribution in [0.3, 0.4) is 0 Å². The summed E-state index contributed by atoms with van der Waals surface area (Å²) < 4.78 is 11.4. The van der Waals surface area contributed by atoms with Crippen LogP contribution in [0.25, 0.3) is 5.76 Å². The van der Waals surface area contributed by atoms with Crippen molar-refractivity contribution in [2.45, 2.75) is 39.8 Å². The molecule has 1 atom stereocenters. The van der Waals surface area contributed by atoms with Crippen molar-refractivity contribution in [1.29, 1.82) is 0 Å². The van der Waals surface area contributed by atoms with Gasteiger partial charge in [0.2, 0.25) is 0 Å². The van der Waals surface area contributed by atoms with Gasteiger partial charge in [0.15, 0.2) is 0 Å². The number of aliphatic hydroxyl groups excluding tert-OH is 1. The van der Waals surface area contributed by atoms with Gasteiger partial charge in [-0.05, 0) is 43.5 Å². The molecule has 0 bridgehead atoms. The van der Waals surface area contributed by atoms with Crippen LogP contribution in [0, 0.1) is 5.92 Å². The molecule has 0 saturated carbocycles. The van der Waals surface area contributed by atoms with Crippen molar-refractivity contribution in [1.82, 2.24) is 9.88 Å². The molecule has 0 radical (unpaired) electrons. The van der Waals surface area contributed by atoms with E-state index < -0.39 is 17.7 Å². The smallest absolute Gasteiger partial charge is 0.295 e. The molecule has 170 valence electrons. The largest absolute Gasteiger partial charge is 0.507 e. The molecule has 0 spiro atoms. The molecule has 1 unspecified atom stereocenters. The molecule has 7 nitrogen and oxygen atoms in total. The number of benzene rings is 1. The Morgan fingerprint density at radius 1 is 1.16 bits per heavy atom. The molecule has 7 heteroatoms. The first-order chi connectivity index (χ1) is 15.3. The normalized spacial score (nSPS) is 18.1. The van der Waals surface area contributed by atoms with Gasteiger partial charge in [-0.25, -0.2) is 0 Å². The molecule has 1 amide bonds. The Bertz CT molecular complexity index is 985. The third-order valence-electron chi connectivity index (χ3n) is 5.01. The average molecular weight is 439 g/mol. The molecule has 2 heterocycles. The number of likely N-dealkylation sites (tertiary alicyclic amines) is 1. The van der Waals surface area contributed by atoms with Gasteiger partial charge >= 0.3 is 0 Å². The lowest BCUT2D eigenvalue weighted by atomic mass is 9.96. The molecule has 1 aliphatic heterocycles. The minimum atomic E-state index is -0.750. The predicted molar refractivity (Wildman–Crippen MR) is 121 cm³/mol. The van der Waals surface area contributed by atoms with Gasteiger partial charge in [0.1, 0.15) is 11.5 Å². The van der Waals surface area contributed by atoms with E-state index in [2.05, 4.69) is 4.98 Å². The zero-order valence-electron chi connectivity index (χ0n) is 18.9. The lowest BCUT2D eigenvalue weighted by Gasteiger charge is -2.25. The fraction of sp³-hybridized carbons (Fsp3) is 0.400. The number of carbonyl (C=O) groups excluding carboxylic acids is 2. The lowest BCUT2D eigenvalue weighted by molar-refractivity contribution is -0.140. The third-order valence-corrected chi connectivity index (χ3v) is 5.01. The average Bonchev–Trinajstić information content (AvgIpc) is 3.03. The summed E-state index contributed by atoms with van der Waals surface area (Å²) in [4.78, 5) is 31.5. The number of pyridine rings is 1. The third kappa shape index (κ3) is 5.34. The van der Waals surface area contributed by atoms with Crippen molar-refractivity contribution in [2.75, 3.05) is 19.8 Å². The Hall–Kier alpha value is -3.19. The van der Waals surface area contributed by atoms with Gasteiger partial charge in [-0.1, -0.05) is 32.0 Å². The molecule has 3 rings (SSSR count). The Labute approximate surface area is 188 Å². The molecule has 1 fully saturated rings. The zero-order valence-corrected chi connectivity index (χ0v) is 18.9. The number of nitrogens with zero attached hydrogens (tertiary/aromatic N) is 2. The van der Waals surface area contributed by atoms with E-state index >= 15 is 0 Å². The maximum absolute atomic E-state index is 13.0. The summed E-state index contributed by atoms with van der Waals surface area (Å²) in [6.07, 6.45) is 3.22. The highest BCUT2D eigenvalue weighted by Crippen LogP contribution is 2.39. The number of hydrogen-bond donors (Lipinski definition) is 1. The molecule has 1 N–H and O–H groups in total. The first kappa shape index (κ1) is 23.5. The molecule has 1 aromatic heterocycles. The van der Waals surface area contributed by atoms with Crippen LogP contribution < -0.4 is 4.74 Å². The second-order valence-electron chi connectivity index (χ2n) is 8.43. The van der Waals surface area contributed by atoms with Crippen LogP contribution in [-0.2, 0) is 14.3 Å². The number of ketones is 1. The molecule has 1 aromatic carbocycles. The van der Waals surface area contributed by atoms with Crippen molar-refractivity contribution in [3.8, 4) is 5.75 Å². The Morgan fingerprint density at radius 2 is 1.94 bits per heavy atom. The molecule has 1 saturated heterocycles. The van der Waals surface area contributed by atoms with Crippen LogP contribution in [0.15, 0.2) is 54.4 Å². The number of aromatic nitrogens is 1. The summed E-state index contributed by atoms with van der Waals surface area (Å²) in [6, 6.07) is 9.67. The van der Waals surface area contributed by atoms with Crippen LogP contribution in [0.2, 0.25) is 0 Å². The van der Waals surface area contributed by atoms with E-state index in [-0.39, 0.29) is 30.6 Å². The summed E-state index contributed by atoms with van der Waals surface area (Å²) in [5, 5.41) is 11.1. The van der Waals surface area contributed by atoms with Gasteiger partial charge in [0.05, 0.1) is 30.9 Å². The second-order valence-corrected chi connectivity index (χ2v) is 8.43. The standard InChI is InChI=1S/C25H30N2O5/c1-16(2)15-32-20-9-5-7-18(13-20)23(28)21-22(19-8-6-10-26-14-19)27(25(30)24(21)29)11-12-31-17(3)4/h5-10,13-14,16-17,22,28H,11-12,15H2,1-4H3/b23-21-.